The molecule has 21 heavy (non-hydrogen) atoms. The van der Waals surface area contributed by atoms with Gasteiger partial charge in [-0.2, -0.15) is 5.10 Å². The third-order valence-electron chi connectivity index (χ3n) is 3.80. The number of aryl methyl sites for hydroxylation is 1. The van der Waals surface area contributed by atoms with Gasteiger partial charge < -0.3 is 14.5 Å². The van der Waals surface area contributed by atoms with E-state index in [-0.39, 0.29) is 12.0 Å². The molecule has 1 fully saturated rings. The number of ether oxygens (including phenoxy) is 1. The zero-order valence-electron chi connectivity index (χ0n) is 13.0. The van der Waals surface area contributed by atoms with Gasteiger partial charge in [0.2, 0.25) is 5.91 Å². The fourth-order valence-corrected chi connectivity index (χ4v) is 2.54. The van der Waals surface area contributed by atoms with Crippen molar-refractivity contribution in [2.45, 2.75) is 31.8 Å². The Balaban J connectivity index is 1.68. The molecule has 6 nitrogen and oxygen atoms in total. The molecular weight excluding hydrogens is 268 g/mol. The van der Waals surface area contributed by atoms with Crippen molar-refractivity contribution in [2.24, 2.45) is 0 Å². The lowest BCUT2D eigenvalue weighted by Gasteiger charge is -2.33. The van der Waals surface area contributed by atoms with Crippen LogP contribution in [0.2, 0.25) is 0 Å². The molecule has 6 heteroatoms. The molecule has 1 aliphatic heterocycles. The van der Waals surface area contributed by atoms with Gasteiger partial charge >= 0.3 is 0 Å². The van der Waals surface area contributed by atoms with Crippen LogP contribution in [0, 0.1) is 0 Å². The largest absolute Gasteiger partial charge is 0.374 e. The molecular formula is C15H26N4O2. The molecule has 0 spiro atoms. The Morgan fingerprint density at radius 1 is 1.57 bits per heavy atom. The number of amides is 1. The first kappa shape index (κ1) is 16.0. The summed E-state index contributed by atoms with van der Waals surface area (Å²) >= 11 is 0. The average molecular weight is 294 g/mol. The van der Waals surface area contributed by atoms with Crippen molar-refractivity contribution in [3.8, 4) is 0 Å². The predicted octanol–water partition coefficient (Wildman–Crippen LogP) is 0.912. The number of morpholine rings is 1. The number of hydrogen-bond donors (Lipinski definition) is 1. The quantitative estimate of drug-likeness (QED) is 0.812. The lowest BCUT2D eigenvalue weighted by atomic mass is 10.1. The molecule has 1 atom stereocenters. The van der Waals surface area contributed by atoms with Gasteiger partial charge in [-0.05, 0) is 38.9 Å². The Morgan fingerprint density at radius 3 is 3.14 bits per heavy atom. The Morgan fingerprint density at radius 2 is 2.43 bits per heavy atom. The molecule has 0 radical (unpaired) electrons. The van der Waals surface area contributed by atoms with Gasteiger partial charge in [0.05, 0.1) is 18.9 Å². The van der Waals surface area contributed by atoms with Gasteiger partial charge in [-0.3, -0.25) is 9.89 Å². The molecule has 118 valence electrons. The number of H-pyrrole nitrogens is 1. The summed E-state index contributed by atoms with van der Waals surface area (Å²) in [6, 6.07) is 0. The van der Waals surface area contributed by atoms with E-state index in [1.165, 1.54) is 0 Å². The first-order valence-electron chi connectivity index (χ1n) is 7.67. The van der Waals surface area contributed by atoms with Gasteiger partial charge in [0.25, 0.3) is 0 Å². The highest BCUT2D eigenvalue weighted by Gasteiger charge is 2.23. The fourth-order valence-electron chi connectivity index (χ4n) is 2.54. The summed E-state index contributed by atoms with van der Waals surface area (Å²) in [6.07, 6.45) is 7.23. The molecule has 0 unspecified atom stereocenters. The van der Waals surface area contributed by atoms with E-state index < -0.39 is 0 Å². The van der Waals surface area contributed by atoms with Crippen molar-refractivity contribution in [1.82, 2.24) is 20.0 Å². The maximum Gasteiger partial charge on any atom is 0.222 e. The number of aromatic nitrogens is 2. The predicted molar refractivity (Wildman–Crippen MR) is 81.0 cm³/mol. The van der Waals surface area contributed by atoms with Gasteiger partial charge in [-0.1, -0.05) is 0 Å². The molecule has 0 bridgehead atoms. The molecule has 1 N–H and O–H groups in total. The van der Waals surface area contributed by atoms with Crippen molar-refractivity contribution in [3.63, 3.8) is 0 Å². The molecule has 0 aliphatic carbocycles. The van der Waals surface area contributed by atoms with E-state index in [1.54, 1.807) is 0 Å². The van der Waals surface area contributed by atoms with Crippen LogP contribution in [0.5, 0.6) is 0 Å². The van der Waals surface area contributed by atoms with E-state index in [0.29, 0.717) is 13.0 Å². The van der Waals surface area contributed by atoms with Crippen LogP contribution < -0.4 is 0 Å². The van der Waals surface area contributed by atoms with Crippen LogP contribution in [0.15, 0.2) is 12.4 Å². The fraction of sp³-hybridized carbons (Fsp3) is 0.733. The van der Waals surface area contributed by atoms with Crippen LogP contribution in [0.25, 0.3) is 0 Å². The van der Waals surface area contributed by atoms with Crippen molar-refractivity contribution in [1.29, 1.82) is 0 Å². The van der Waals surface area contributed by atoms with E-state index in [4.69, 9.17) is 4.74 Å². The van der Waals surface area contributed by atoms with Crippen molar-refractivity contribution in [3.05, 3.63) is 18.0 Å². The molecule has 1 saturated heterocycles. The molecule has 2 rings (SSSR count). The van der Waals surface area contributed by atoms with E-state index in [9.17, 15) is 4.79 Å². The number of aromatic amines is 1. The monoisotopic (exact) mass is 294 g/mol. The summed E-state index contributed by atoms with van der Waals surface area (Å²) in [7, 11) is 4.11. The number of carbonyl (C=O) groups is 1. The van der Waals surface area contributed by atoms with Gasteiger partial charge in [-0.25, -0.2) is 0 Å². The number of rotatable bonds is 7. The molecule has 1 aromatic rings. The Labute approximate surface area is 126 Å². The minimum Gasteiger partial charge on any atom is -0.374 e. The first-order valence-corrected chi connectivity index (χ1v) is 7.67. The number of nitrogens with zero attached hydrogens (tertiary/aromatic N) is 3. The van der Waals surface area contributed by atoms with E-state index in [2.05, 4.69) is 29.2 Å². The first-order chi connectivity index (χ1) is 10.1. The number of carbonyl (C=O) groups excluding carboxylic acids is 1. The lowest BCUT2D eigenvalue weighted by Crippen LogP contribution is -2.46. The zero-order chi connectivity index (χ0) is 15.1. The second-order valence-corrected chi connectivity index (χ2v) is 5.88. The van der Waals surface area contributed by atoms with E-state index >= 15 is 0 Å². The third-order valence-corrected chi connectivity index (χ3v) is 3.80. The maximum atomic E-state index is 12.2. The Hall–Kier alpha value is -1.40. The highest BCUT2D eigenvalue weighted by atomic mass is 16.5. The summed E-state index contributed by atoms with van der Waals surface area (Å²) < 4.78 is 5.74. The minimum atomic E-state index is 0.180. The molecule has 0 aromatic carbocycles. The smallest absolute Gasteiger partial charge is 0.222 e. The summed E-state index contributed by atoms with van der Waals surface area (Å²) in [5, 5.41) is 6.71. The third kappa shape index (κ3) is 5.47. The number of hydrogen-bond acceptors (Lipinski definition) is 4. The van der Waals surface area contributed by atoms with Crippen molar-refractivity contribution in [2.75, 3.05) is 40.3 Å². The lowest BCUT2D eigenvalue weighted by molar-refractivity contribution is -0.139. The van der Waals surface area contributed by atoms with Gasteiger partial charge in [0.1, 0.15) is 0 Å². The van der Waals surface area contributed by atoms with Crippen LogP contribution in [0.4, 0.5) is 0 Å². The van der Waals surface area contributed by atoms with Gasteiger partial charge in [-0.15, -0.1) is 0 Å². The molecule has 0 saturated carbocycles. The van der Waals surface area contributed by atoms with Crippen LogP contribution >= 0.6 is 0 Å². The molecule has 1 amide bonds. The van der Waals surface area contributed by atoms with Gasteiger partial charge in [0.15, 0.2) is 0 Å². The topological polar surface area (TPSA) is 61.5 Å². The summed E-state index contributed by atoms with van der Waals surface area (Å²) in [4.78, 5) is 16.4. The highest BCUT2D eigenvalue weighted by molar-refractivity contribution is 5.76. The van der Waals surface area contributed by atoms with Crippen LogP contribution in [0.1, 0.15) is 24.8 Å². The number of nitrogens with one attached hydrogen (secondary N) is 1. The highest BCUT2D eigenvalue weighted by Crippen LogP contribution is 2.12. The van der Waals surface area contributed by atoms with Crippen LogP contribution in [-0.4, -0.2) is 72.3 Å². The average Bonchev–Trinajstić information content (AvgIpc) is 2.98. The summed E-state index contributed by atoms with van der Waals surface area (Å²) in [5.41, 5.74) is 1.16. The summed E-state index contributed by atoms with van der Waals surface area (Å²) in [6.45, 7) is 3.11. The molecule has 2 heterocycles. The Kier molecular flexibility index (Phi) is 6.20. The SMILES string of the molecule is CN(C)CC[C@@H]1CN(C(=O)CCCc2cn[nH]c2)CCO1. The van der Waals surface area contributed by atoms with E-state index in [1.807, 2.05) is 17.3 Å². The van der Waals surface area contributed by atoms with E-state index in [0.717, 1.165) is 44.5 Å². The normalized spacial score (nSPS) is 19.2. The second-order valence-electron chi connectivity index (χ2n) is 5.88. The maximum absolute atomic E-state index is 12.2. The van der Waals surface area contributed by atoms with Crippen molar-refractivity contribution < 1.29 is 9.53 Å². The molecule has 1 aliphatic rings. The standard InChI is InChI=1S/C15H26N4O2/c1-18(2)7-6-14-12-19(8-9-21-14)15(20)5-3-4-13-10-16-17-11-13/h10-11,14H,3-9,12H2,1-2H3,(H,16,17)/t14-/m1/s1. The zero-order valence-corrected chi connectivity index (χ0v) is 13.0. The van der Waals surface area contributed by atoms with Gasteiger partial charge in [0, 0.05) is 32.3 Å². The van der Waals surface area contributed by atoms with Crippen molar-refractivity contribution >= 4 is 5.91 Å². The minimum absolute atomic E-state index is 0.180. The van der Waals surface area contributed by atoms with Crippen LogP contribution in [-0.2, 0) is 16.0 Å². The van der Waals surface area contributed by atoms with Crippen LogP contribution in [0.3, 0.4) is 0 Å². The summed E-state index contributed by atoms with van der Waals surface area (Å²) in [5.74, 6) is 0.247. The molecule has 1 aromatic heterocycles. The Bertz CT molecular complexity index is 419. The second kappa shape index (κ2) is 8.14.